The lowest BCUT2D eigenvalue weighted by Crippen LogP contribution is -2.32. The van der Waals surface area contributed by atoms with E-state index in [1.54, 1.807) is 0 Å². The Balaban J connectivity index is 2.76. The SMILES string of the molecule is COC(=O)N1C=C(OC(C)=O)C(C)CC1. The van der Waals surface area contributed by atoms with Gasteiger partial charge in [0.1, 0.15) is 5.76 Å². The molecule has 1 atom stereocenters. The molecule has 0 N–H and O–H groups in total. The molecule has 1 rings (SSSR count). The van der Waals surface area contributed by atoms with Crippen LogP contribution < -0.4 is 0 Å². The summed E-state index contributed by atoms with van der Waals surface area (Å²) in [7, 11) is 1.32. The molecule has 0 aromatic heterocycles. The van der Waals surface area contributed by atoms with E-state index in [0.29, 0.717) is 12.3 Å². The van der Waals surface area contributed by atoms with Gasteiger partial charge < -0.3 is 9.47 Å². The van der Waals surface area contributed by atoms with Gasteiger partial charge >= 0.3 is 12.1 Å². The van der Waals surface area contributed by atoms with Gasteiger partial charge in [0.15, 0.2) is 0 Å². The molecular formula is C10H15NO4. The van der Waals surface area contributed by atoms with Crippen molar-refractivity contribution in [1.29, 1.82) is 0 Å². The van der Waals surface area contributed by atoms with Gasteiger partial charge in [0.2, 0.25) is 0 Å². The maximum atomic E-state index is 11.2. The average Bonchev–Trinajstić information content (AvgIpc) is 2.19. The van der Waals surface area contributed by atoms with Gasteiger partial charge in [0, 0.05) is 25.6 Å². The van der Waals surface area contributed by atoms with Crippen molar-refractivity contribution in [1.82, 2.24) is 4.90 Å². The van der Waals surface area contributed by atoms with Crippen LogP contribution in [0.1, 0.15) is 20.3 Å². The maximum absolute atomic E-state index is 11.2. The second-order valence-corrected chi connectivity index (χ2v) is 3.48. The largest absolute Gasteiger partial charge is 0.452 e. The summed E-state index contributed by atoms with van der Waals surface area (Å²) < 4.78 is 9.58. The third kappa shape index (κ3) is 2.97. The van der Waals surface area contributed by atoms with Crippen LogP contribution in [0.15, 0.2) is 12.0 Å². The van der Waals surface area contributed by atoms with Crippen LogP contribution in [0.2, 0.25) is 0 Å². The highest BCUT2D eigenvalue weighted by atomic mass is 16.5. The van der Waals surface area contributed by atoms with Gasteiger partial charge in [-0.05, 0) is 6.42 Å². The Morgan fingerprint density at radius 2 is 2.20 bits per heavy atom. The van der Waals surface area contributed by atoms with Crippen molar-refractivity contribution in [3.05, 3.63) is 12.0 Å². The summed E-state index contributed by atoms with van der Waals surface area (Å²) in [5.41, 5.74) is 0. The van der Waals surface area contributed by atoms with Crippen LogP contribution in [-0.2, 0) is 14.3 Å². The Bertz CT molecular complexity index is 298. The third-order valence-corrected chi connectivity index (χ3v) is 2.24. The van der Waals surface area contributed by atoms with Crippen LogP contribution in [0.3, 0.4) is 0 Å². The van der Waals surface area contributed by atoms with Gasteiger partial charge in [0.25, 0.3) is 0 Å². The maximum Gasteiger partial charge on any atom is 0.413 e. The number of methoxy groups -OCH3 is 1. The molecule has 1 amide bonds. The van der Waals surface area contributed by atoms with Gasteiger partial charge in [-0.1, -0.05) is 6.92 Å². The molecule has 5 nitrogen and oxygen atoms in total. The fourth-order valence-corrected chi connectivity index (χ4v) is 1.37. The van der Waals surface area contributed by atoms with E-state index >= 15 is 0 Å². The van der Waals surface area contributed by atoms with E-state index in [-0.39, 0.29) is 11.9 Å². The van der Waals surface area contributed by atoms with Crippen LogP contribution in [0.5, 0.6) is 0 Å². The zero-order valence-corrected chi connectivity index (χ0v) is 9.15. The van der Waals surface area contributed by atoms with Crippen molar-refractivity contribution in [2.45, 2.75) is 20.3 Å². The molecule has 0 saturated carbocycles. The van der Waals surface area contributed by atoms with Crippen molar-refractivity contribution < 1.29 is 19.1 Å². The number of nitrogens with zero attached hydrogens (tertiary/aromatic N) is 1. The first-order chi connectivity index (χ1) is 7.04. The van der Waals surface area contributed by atoms with E-state index in [0.717, 1.165) is 6.42 Å². The van der Waals surface area contributed by atoms with E-state index in [9.17, 15) is 9.59 Å². The fourth-order valence-electron chi connectivity index (χ4n) is 1.37. The molecule has 1 heterocycles. The van der Waals surface area contributed by atoms with Crippen molar-refractivity contribution >= 4 is 12.1 Å². The predicted molar refractivity (Wildman–Crippen MR) is 52.7 cm³/mol. The number of esters is 1. The monoisotopic (exact) mass is 213 g/mol. The first-order valence-electron chi connectivity index (χ1n) is 4.79. The zero-order valence-electron chi connectivity index (χ0n) is 9.15. The highest BCUT2D eigenvalue weighted by Crippen LogP contribution is 2.22. The highest BCUT2D eigenvalue weighted by Gasteiger charge is 2.23. The smallest absolute Gasteiger partial charge is 0.413 e. The van der Waals surface area contributed by atoms with Crippen molar-refractivity contribution in [3.8, 4) is 0 Å². The summed E-state index contributed by atoms with van der Waals surface area (Å²) in [6.45, 7) is 3.87. The van der Waals surface area contributed by atoms with Crippen LogP contribution in [0.25, 0.3) is 0 Å². The van der Waals surface area contributed by atoms with Gasteiger partial charge in [0.05, 0.1) is 7.11 Å². The van der Waals surface area contributed by atoms with Crippen LogP contribution in [0, 0.1) is 5.92 Å². The van der Waals surface area contributed by atoms with Crippen LogP contribution >= 0.6 is 0 Å². The van der Waals surface area contributed by atoms with Crippen molar-refractivity contribution in [3.63, 3.8) is 0 Å². The molecule has 84 valence electrons. The molecule has 0 bridgehead atoms. The number of ether oxygens (including phenoxy) is 2. The summed E-state index contributed by atoms with van der Waals surface area (Å²) in [6.07, 6.45) is 1.85. The molecule has 0 aromatic carbocycles. The molecule has 0 fully saturated rings. The minimum atomic E-state index is -0.438. The first-order valence-corrected chi connectivity index (χ1v) is 4.79. The van der Waals surface area contributed by atoms with E-state index in [1.807, 2.05) is 6.92 Å². The van der Waals surface area contributed by atoms with E-state index < -0.39 is 6.09 Å². The van der Waals surface area contributed by atoms with Gasteiger partial charge in [-0.15, -0.1) is 0 Å². The molecular weight excluding hydrogens is 198 g/mol. The van der Waals surface area contributed by atoms with E-state index in [4.69, 9.17) is 4.74 Å². The fraction of sp³-hybridized carbons (Fsp3) is 0.600. The second-order valence-electron chi connectivity index (χ2n) is 3.48. The van der Waals surface area contributed by atoms with Crippen LogP contribution in [-0.4, -0.2) is 30.6 Å². The number of hydrogen-bond donors (Lipinski definition) is 0. The standard InChI is InChI=1S/C10H15NO4/c1-7-4-5-11(10(13)14-3)6-9(7)15-8(2)12/h6-7H,4-5H2,1-3H3. The molecule has 0 saturated heterocycles. The Morgan fingerprint density at radius 3 is 2.73 bits per heavy atom. The quantitative estimate of drug-likeness (QED) is 0.619. The normalized spacial score (nSPS) is 20.6. The molecule has 0 aromatic rings. The third-order valence-electron chi connectivity index (χ3n) is 2.24. The summed E-state index contributed by atoms with van der Waals surface area (Å²) in [5, 5.41) is 0. The Hall–Kier alpha value is -1.52. The number of hydrogen-bond acceptors (Lipinski definition) is 4. The molecule has 0 radical (unpaired) electrons. The lowest BCUT2D eigenvalue weighted by molar-refractivity contribution is -0.138. The number of allylic oxidation sites excluding steroid dienone is 1. The molecule has 15 heavy (non-hydrogen) atoms. The number of rotatable bonds is 1. The summed E-state index contributed by atoms with van der Waals surface area (Å²) in [5.74, 6) is 0.286. The number of amides is 1. The number of carbonyl (C=O) groups excluding carboxylic acids is 2. The molecule has 5 heteroatoms. The highest BCUT2D eigenvalue weighted by molar-refractivity contribution is 5.70. The second kappa shape index (κ2) is 4.82. The molecule has 1 unspecified atom stereocenters. The minimum absolute atomic E-state index is 0.148. The lowest BCUT2D eigenvalue weighted by Gasteiger charge is -2.27. The molecule has 1 aliphatic rings. The van der Waals surface area contributed by atoms with E-state index in [1.165, 1.54) is 25.1 Å². The van der Waals surface area contributed by atoms with Crippen LogP contribution in [0.4, 0.5) is 4.79 Å². The van der Waals surface area contributed by atoms with Crippen molar-refractivity contribution in [2.24, 2.45) is 5.92 Å². The predicted octanol–water partition coefficient (Wildman–Crippen LogP) is 1.50. The lowest BCUT2D eigenvalue weighted by atomic mass is 10.0. The van der Waals surface area contributed by atoms with Gasteiger partial charge in [-0.3, -0.25) is 9.69 Å². The number of carbonyl (C=O) groups is 2. The minimum Gasteiger partial charge on any atom is -0.452 e. The zero-order chi connectivity index (χ0) is 11.4. The topological polar surface area (TPSA) is 55.8 Å². The molecule has 0 aliphatic carbocycles. The van der Waals surface area contributed by atoms with E-state index in [2.05, 4.69) is 4.74 Å². The molecule has 1 aliphatic heterocycles. The van der Waals surface area contributed by atoms with Gasteiger partial charge in [-0.2, -0.15) is 0 Å². The van der Waals surface area contributed by atoms with Gasteiger partial charge in [-0.25, -0.2) is 4.79 Å². The first kappa shape index (κ1) is 11.6. The summed E-state index contributed by atoms with van der Waals surface area (Å²) >= 11 is 0. The molecule has 0 spiro atoms. The Morgan fingerprint density at radius 1 is 1.53 bits per heavy atom. The van der Waals surface area contributed by atoms with Crippen molar-refractivity contribution in [2.75, 3.05) is 13.7 Å². The Kier molecular flexibility index (Phi) is 3.71. The average molecular weight is 213 g/mol. The summed E-state index contributed by atoms with van der Waals surface area (Å²) in [4.78, 5) is 23.4. The summed E-state index contributed by atoms with van der Waals surface area (Å²) in [6, 6.07) is 0. The Labute approximate surface area is 88.6 Å².